The lowest BCUT2D eigenvalue weighted by molar-refractivity contribution is -0.305. The van der Waals surface area contributed by atoms with Gasteiger partial charge in [-0.25, -0.2) is 0 Å². The van der Waals surface area contributed by atoms with Gasteiger partial charge in [-0.05, 0) is 13.0 Å². The highest BCUT2D eigenvalue weighted by Crippen LogP contribution is 1.62. The Balaban J connectivity index is 2.83. The van der Waals surface area contributed by atoms with E-state index < -0.39 is 5.97 Å². The van der Waals surface area contributed by atoms with Crippen LogP contribution in [0, 0.1) is 0 Å². The molecule has 3 nitrogen and oxygen atoms in total. The van der Waals surface area contributed by atoms with Gasteiger partial charge in [0, 0.05) is 5.97 Å². The van der Waals surface area contributed by atoms with Gasteiger partial charge in [0.2, 0.25) is 0 Å². The zero-order chi connectivity index (χ0) is 4.99. The Morgan fingerprint density at radius 2 is 2.33 bits per heavy atom. The Kier molecular flexibility index (Phi) is 2.40. The van der Waals surface area contributed by atoms with Crippen molar-refractivity contribution in [3.63, 3.8) is 0 Å². The van der Waals surface area contributed by atoms with Gasteiger partial charge in [0.05, 0.1) is 0 Å². The maximum Gasteiger partial charge on any atom is 0.0426 e. The molecule has 0 spiro atoms. The average molecular weight is 88.1 g/mol. The summed E-state index contributed by atoms with van der Waals surface area (Å²) in [6.45, 7) is 0.169. The molecule has 0 fully saturated rings. The lowest BCUT2D eigenvalue weighted by Crippen LogP contribution is -2.24. The molecule has 2 N–H and O–H groups in total. The molecule has 0 aromatic carbocycles. The number of rotatable bonds is 2. The highest BCUT2D eigenvalue weighted by molar-refractivity contribution is 5.64. The number of hydrogen-bond donors (Lipinski definition) is 1. The molecule has 3 heteroatoms. The minimum atomic E-state index is -1.09. The number of nitrogens with two attached hydrogens (primary N) is 1. The second-order valence-corrected chi connectivity index (χ2v) is 0.911. The summed E-state index contributed by atoms with van der Waals surface area (Å²) >= 11 is 0. The van der Waals surface area contributed by atoms with Gasteiger partial charge in [0.15, 0.2) is 0 Å². The van der Waals surface area contributed by atoms with Crippen molar-refractivity contribution in [3.05, 3.63) is 0 Å². The molecule has 0 bridgehead atoms. The van der Waals surface area contributed by atoms with Gasteiger partial charge in [0.25, 0.3) is 0 Å². The first-order chi connectivity index (χ1) is 2.77. The molecule has 0 atom stereocenters. The van der Waals surface area contributed by atoms with Crippen LogP contribution < -0.4 is 10.8 Å². The summed E-state index contributed by atoms with van der Waals surface area (Å²) in [5.74, 6) is -1.09. The highest BCUT2D eigenvalue weighted by Gasteiger charge is 1.75. The Morgan fingerprint density at radius 3 is 2.33 bits per heavy atom. The van der Waals surface area contributed by atoms with Crippen molar-refractivity contribution in [2.45, 2.75) is 6.42 Å². The lowest BCUT2D eigenvalue weighted by atomic mass is 10.5. The fourth-order valence-corrected chi connectivity index (χ4v) is 0.118. The molecule has 0 amide bonds. The molecule has 0 aromatic rings. The van der Waals surface area contributed by atoms with E-state index in [1.807, 2.05) is 0 Å². The van der Waals surface area contributed by atoms with Crippen LogP contribution in [0.1, 0.15) is 6.42 Å². The van der Waals surface area contributed by atoms with Gasteiger partial charge in [0.1, 0.15) is 0 Å². The predicted molar refractivity (Wildman–Crippen MR) is 18.7 cm³/mol. The zero-order valence-corrected chi connectivity index (χ0v) is 3.31. The fourth-order valence-electron chi connectivity index (χ4n) is 0.118. The number of aliphatic carboxylic acids is 1. The molecule has 0 radical (unpaired) electrons. The van der Waals surface area contributed by atoms with Gasteiger partial charge < -0.3 is 15.6 Å². The summed E-state index contributed by atoms with van der Waals surface area (Å²) in [5.41, 5.74) is 4.81. The maximum absolute atomic E-state index is 9.41. The summed E-state index contributed by atoms with van der Waals surface area (Å²) in [7, 11) is 0. The number of hydrogen-bond acceptors (Lipinski definition) is 3. The molecule has 0 saturated carbocycles. The van der Waals surface area contributed by atoms with Crippen molar-refractivity contribution >= 4 is 5.97 Å². The molecule has 0 aromatic heterocycles. The molecule has 0 aliphatic carbocycles. The Labute approximate surface area is 35.8 Å². The van der Waals surface area contributed by atoms with E-state index in [-0.39, 0.29) is 13.0 Å². The zero-order valence-electron chi connectivity index (χ0n) is 3.31. The summed E-state index contributed by atoms with van der Waals surface area (Å²) < 4.78 is 0. The Morgan fingerprint density at radius 1 is 1.83 bits per heavy atom. The standard InChI is InChI=1S/C3H7NO2/c4-2-1-3(5)6/h1-2,4H2,(H,5,6)/p-1. The second-order valence-electron chi connectivity index (χ2n) is 0.911. The topological polar surface area (TPSA) is 66.2 Å². The molecule has 6 heavy (non-hydrogen) atoms. The van der Waals surface area contributed by atoms with E-state index in [1.54, 1.807) is 0 Å². The van der Waals surface area contributed by atoms with Crippen LogP contribution >= 0.6 is 0 Å². The van der Waals surface area contributed by atoms with Crippen LogP contribution in [0.2, 0.25) is 0 Å². The summed E-state index contributed by atoms with van der Waals surface area (Å²) in [5, 5.41) is 9.41. The van der Waals surface area contributed by atoms with E-state index in [0.717, 1.165) is 0 Å². The molecule has 0 heterocycles. The smallest absolute Gasteiger partial charge is 0.0426 e. The normalized spacial score (nSPS) is 8.17. The number of carboxylic acid groups (broad SMARTS) is 1. The Bertz CT molecular complexity index is 52.8. The van der Waals surface area contributed by atoms with Crippen LogP contribution in [0.3, 0.4) is 0 Å². The third-order valence-electron chi connectivity index (χ3n) is 0.348. The molecule has 0 unspecified atom stereocenters. The minimum absolute atomic E-state index is 0.0417. The number of carbonyl (C=O) groups excluding carboxylic acids is 1. The molecule has 0 saturated heterocycles. The monoisotopic (exact) mass is 88.0 g/mol. The van der Waals surface area contributed by atoms with Gasteiger partial charge in [-0.1, -0.05) is 0 Å². The van der Waals surface area contributed by atoms with Crippen LogP contribution in [-0.4, -0.2) is 12.5 Å². The predicted octanol–water partition coefficient (Wildman–Crippen LogP) is -1.91. The van der Waals surface area contributed by atoms with E-state index >= 15 is 0 Å². The van der Waals surface area contributed by atoms with Crippen molar-refractivity contribution in [2.24, 2.45) is 5.73 Å². The quantitative estimate of drug-likeness (QED) is 0.428. The number of carboxylic acids is 1. The first-order valence-corrected chi connectivity index (χ1v) is 1.67. The summed E-state index contributed by atoms with van der Waals surface area (Å²) in [6.07, 6.45) is -0.0417. The first kappa shape index (κ1) is 5.43. The minimum Gasteiger partial charge on any atom is -0.550 e. The highest BCUT2D eigenvalue weighted by atomic mass is 16.4. The van der Waals surface area contributed by atoms with Crippen molar-refractivity contribution in [2.75, 3.05) is 6.54 Å². The van der Waals surface area contributed by atoms with Gasteiger partial charge in [-0.2, -0.15) is 0 Å². The Hall–Kier alpha value is -0.570. The molecular weight excluding hydrogens is 82.0 g/mol. The van der Waals surface area contributed by atoms with Crippen LogP contribution in [0.25, 0.3) is 0 Å². The summed E-state index contributed by atoms with van der Waals surface area (Å²) in [4.78, 5) is 9.41. The molecular formula is C3H6NO2-. The average Bonchev–Trinajstić information content (AvgIpc) is 1.35. The van der Waals surface area contributed by atoms with Crippen LogP contribution in [0.4, 0.5) is 0 Å². The third-order valence-corrected chi connectivity index (χ3v) is 0.348. The first-order valence-electron chi connectivity index (χ1n) is 1.67. The number of carbonyl (C=O) groups is 1. The fraction of sp³-hybridized carbons (Fsp3) is 0.667. The van der Waals surface area contributed by atoms with Gasteiger partial charge >= 0.3 is 0 Å². The van der Waals surface area contributed by atoms with Crippen LogP contribution in [0.15, 0.2) is 0 Å². The SMILES string of the molecule is NCCC(=O)[O-]. The van der Waals surface area contributed by atoms with Crippen molar-refractivity contribution < 1.29 is 9.90 Å². The lowest BCUT2D eigenvalue weighted by Gasteiger charge is -1.92. The largest absolute Gasteiger partial charge is 0.550 e. The van der Waals surface area contributed by atoms with E-state index in [2.05, 4.69) is 0 Å². The van der Waals surface area contributed by atoms with E-state index in [1.165, 1.54) is 0 Å². The molecule has 36 valence electrons. The van der Waals surface area contributed by atoms with Gasteiger partial charge in [-0.15, -0.1) is 0 Å². The molecule has 0 aliphatic rings. The van der Waals surface area contributed by atoms with Gasteiger partial charge in [-0.3, -0.25) is 0 Å². The molecule has 0 aliphatic heterocycles. The van der Waals surface area contributed by atoms with Crippen LogP contribution in [-0.2, 0) is 4.79 Å². The van der Waals surface area contributed by atoms with Crippen molar-refractivity contribution in [1.29, 1.82) is 0 Å². The van der Waals surface area contributed by atoms with E-state index in [0.29, 0.717) is 0 Å². The van der Waals surface area contributed by atoms with Crippen molar-refractivity contribution in [3.8, 4) is 0 Å². The maximum atomic E-state index is 9.41. The van der Waals surface area contributed by atoms with Crippen LogP contribution in [0.5, 0.6) is 0 Å². The van der Waals surface area contributed by atoms with Crippen molar-refractivity contribution in [1.82, 2.24) is 0 Å². The summed E-state index contributed by atoms with van der Waals surface area (Å²) in [6, 6.07) is 0. The second kappa shape index (κ2) is 2.66. The molecule has 0 rings (SSSR count). The van der Waals surface area contributed by atoms with E-state index in [4.69, 9.17) is 5.73 Å². The van der Waals surface area contributed by atoms with E-state index in [9.17, 15) is 9.90 Å². The third kappa shape index (κ3) is 3.43.